The average molecular weight is 545 g/mol. The van der Waals surface area contributed by atoms with Gasteiger partial charge in [-0.2, -0.15) is 9.49 Å². The number of halogens is 1. The lowest BCUT2D eigenvalue weighted by molar-refractivity contribution is -0.137. The smallest absolute Gasteiger partial charge is 0.269 e. The normalized spacial score (nSPS) is 19.6. The topological polar surface area (TPSA) is 148 Å². The first kappa shape index (κ1) is 25.8. The molecule has 0 unspecified atom stereocenters. The number of aromatic nitrogens is 3. The van der Waals surface area contributed by atoms with Crippen LogP contribution in [-0.4, -0.2) is 66.6 Å². The fourth-order valence-corrected chi connectivity index (χ4v) is 5.59. The Labute approximate surface area is 226 Å². The molecular formula is C26H21FN8O3S. The molecule has 2 aliphatic rings. The summed E-state index contributed by atoms with van der Waals surface area (Å²) in [5, 5.41) is 7.30. The number of amides is 3. The second kappa shape index (κ2) is 10.5. The first-order valence-electron chi connectivity index (χ1n) is 11.7. The maximum absolute atomic E-state index is 13.5. The van der Waals surface area contributed by atoms with E-state index in [1.807, 2.05) is 0 Å². The largest absolute Gasteiger partial charge is 0.364 e. The van der Waals surface area contributed by atoms with Gasteiger partial charge in [-0.25, -0.2) is 15.0 Å². The van der Waals surface area contributed by atoms with Crippen molar-refractivity contribution in [3.05, 3.63) is 66.4 Å². The summed E-state index contributed by atoms with van der Waals surface area (Å²) >= 11 is 1.59. The molecule has 3 amide bonds. The van der Waals surface area contributed by atoms with Crippen molar-refractivity contribution in [3.8, 4) is 11.8 Å². The molecule has 0 spiro atoms. The zero-order valence-electron chi connectivity index (χ0n) is 20.4. The van der Waals surface area contributed by atoms with Crippen LogP contribution in [0.25, 0.3) is 10.9 Å². The minimum Gasteiger partial charge on any atom is -0.364 e. The van der Waals surface area contributed by atoms with Crippen LogP contribution in [0.1, 0.15) is 22.5 Å². The summed E-state index contributed by atoms with van der Waals surface area (Å²) < 4.78 is 14.8. The number of hydrogen-bond acceptors (Lipinski definition) is 7. The molecule has 0 saturated carbocycles. The summed E-state index contributed by atoms with van der Waals surface area (Å²) in [4.78, 5) is 51.3. The highest BCUT2D eigenvalue weighted by atomic mass is 32.2. The van der Waals surface area contributed by atoms with Gasteiger partial charge >= 0.3 is 0 Å². The molecule has 0 bridgehead atoms. The van der Waals surface area contributed by atoms with Gasteiger partial charge in [0.15, 0.2) is 5.69 Å². The average Bonchev–Trinajstić information content (AvgIpc) is 3.42. The van der Waals surface area contributed by atoms with Crippen LogP contribution in [0.15, 0.2) is 59.2 Å². The first-order valence-corrected chi connectivity index (χ1v) is 12.6. The molecule has 2 aromatic heterocycles. The van der Waals surface area contributed by atoms with E-state index in [0.717, 1.165) is 0 Å². The van der Waals surface area contributed by atoms with Gasteiger partial charge in [-0.3, -0.25) is 19.1 Å². The summed E-state index contributed by atoms with van der Waals surface area (Å²) in [5.74, 6) is 3.58. The number of benzene rings is 1. The van der Waals surface area contributed by atoms with Crippen molar-refractivity contribution >= 4 is 58.8 Å². The van der Waals surface area contributed by atoms with E-state index in [-0.39, 0.29) is 40.4 Å². The molecule has 3 N–H and O–H groups in total. The number of amidine groups is 1. The van der Waals surface area contributed by atoms with Crippen LogP contribution >= 0.6 is 11.8 Å². The number of anilines is 1. The number of carbonyl (C=O) groups excluding carboxylic acids is 3. The van der Waals surface area contributed by atoms with Gasteiger partial charge in [0.1, 0.15) is 18.4 Å². The maximum atomic E-state index is 13.5. The number of rotatable bonds is 6. The van der Waals surface area contributed by atoms with Crippen LogP contribution in [-0.2, 0) is 16.1 Å². The monoisotopic (exact) mass is 544 g/mol. The molecule has 2 saturated heterocycles. The molecule has 13 heteroatoms. The molecule has 1 aromatic carbocycles. The Morgan fingerprint density at radius 1 is 1.31 bits per heavy atom. The van der Waals surface area contributed by atoms with E-state index in [1.165, 1.54) is 34.0 Å². The summed E-state index contributed by atoms with van der Waals surface area (Å²) in [6.45, 7) is 6.68. The van der Waals surface area contributed by atoms with Gasteiger partial charge < -0.3 is 16.0 Å². The molecule has 2 aliphatic heterocycles. The highest BCUT2D eigenvalue weighted by Gasteiger charge is 2.57. The number of primary amides is 1. The Morgan fingerprint density at radius 2 is 2.13 bits per heavy atom. The minimum absolute atomic E-state index is 0.0187. The predicted molar refractivity (Wildman–Crippen MR) is 146 cm³/mol. The molecule has 0 aliphatic carbocycles. The van der Waals surface area contributed by atoms with Crippen molar-refractivity contribution in [1.29, 1.82) is 0 Å². The highest BCUT2D eigenvalue weighted by Crippen LogP contribution is 2.53. The Hall–Kier alpha value is -4.83. The number of nitrogens with two attached hydrogens (primary N) is 1. The van der Waals surface area contributed by atoms with Gasteiger partial charge in [-0.05, 0) is 49.4 Å². The predicted octanol–water partition coefficient (Wildman–Crippen LogP) is 1.94. The van der Waals surface area contributed by atoms with E-state index in [0.29, 0.717) is 22.9 Å². The number of fused-ring (bicyclic) bond motifs is 2. The van der Waals surface area contributed by atoms with Crippen molar-refractivity contribution in [1.82, 2.24) is 19.7 Å². The van der Waals surface area contributed by atoms with E-state index < -0.39 is 23.8 Å². The number of aliphatic imine (C=N–C) groups is 2. The van der Waals surface area contributed by atoms with Crippen LogP contribution in [0.2, 0.25) is 0 Å². The Balaban J connectivity index is 1.39. The third-order valence-corrected chi connectivity index (χ3v) is 7.45. The van der Waals surface area contributed by atoms with Crippen molar-refractivity contribution in [3.63, 3.8) is 0 Å². The molecule has 0 radical (unpaired) electrons. The fraction of sp³-hybridized carbons (Fsp3) is 0.192. The number of pyridine rings is 1. The van der Waals surface area contributed by atoms with Gasteiger partial charge in [0.25, 0.3) is 5.91 Å². The Kier molecular flexibility index (Phi) is 6.95. The number of carbonyl (C=O) groups is 3. The Bertz CT molecular complexity index is 1640. The van der Waals surface area contributed by atoms with Crippen LogP contribution < -0.4 is 11.1 Å². The molecule has 3 aromatic rings. The maximum Gasteiger partial charge on any atom is 0.269 e. The zero-order valence-corrected chi connectivity index (χ0v) is 21.2. The van der Waals surface area contributed by atoms with E-state index >= 15 is 0 Å². The quantitative estimate of drug-likeness (QED) is 0.159. The summed E-state index contributed by atoms with van der Waals surface area (Å²) in [7, 11) is 0. The van der Waals surface area contributed by atoms with Gasteiger partial charge in [0, 0.05) is 22.4 Å². The van der Waals surface area contributed by atoms with E-state index in [4.69, 9.17) is 5.73 Å². The van der Waals surface area contributed by atoms with Gasteiger partial charge in [-0.1, -0.05) is 18.6 Å². The van der Waals surface area contributed by atoms with Crippen LogP contribution in [0, 0.1) is 17.8 Å². The van der Waals surface area contributed by atoms with E-state index in [9.17, 15) is 18.8 Å². The number of nitrogens with zero attached hydrogens (tertiary/aromatic N) is 6. The number of nitrogens with one attached hydrogen (secondary N) is 1. The second-order valence-corrected chi connectivity index (χ2v) is 9.96. The van der Waals surface area contributed by atoms with Crippen molar-refractivity contribution < 1.29 is 18.8 Å². The molecule has 11 nitrogen and oxygen atoms in total. The van der Waals surface area contributed by atoms with Crippen LogP contribution in [0.5, 0.6) is 0 Å². The minimum atomic E-state index is -0.767. The zero-order chi connectivity index (χ0) is 27.7. The number of hydrogen-bond donors (Lipinski definition) is 2. The molecule has 196 valence electrons. The Morgan fingerprint density at radius 3 is 2.85 bits per heavy atom. The van der Waals surface area contributed by atoms with Gasteiger partial charge in [0.05, 0.1) is 10.9 Å². The highest BCUT2D eigenvalue weighted by molar-refractivity contribution is 8.07. The van der Waals surface area contributed by atoms with E-state index in [1.54, 1.807) is 30.0 Å². The second-order valence-electron chi connectivity index (χ2n) is 8.60. The van der Waals surface area contributed by atoms with Gasteiger partial charge in [-0.15, -0.1) is 11.8 Å². The third kappa shape index (κ3) is 5.27. The summed E-state index contributed by atoms with van der Waals surface area (Å²) in [6.07, 6.45) is 1.76. The summed E-state index contributed by atoms with van der Waals surface area (Å²) in [6, 6.07) is 8.34. The number of likely N-dealkylation sites (tertiary alicyclic amines) is 1. The molecule has 39 heavy (non-hydrogen) atoms. The lowest BCUT2D eigenvalue weighted by atomic mass is 10.1. The fourth-order valence-electron chi connectivity index (χ4n) is 4.39. The van der Waals surface area contributed by atoms with Crippen LogP contribution in [0.4, 0.5) is 10.2 Å². The molecule has 4 heterocycles. The molecule has 3 atom stereocenters. The SMILES string of the molecule is C=CN=C(C#Cc1ccc2c(c1)c(C(N)=O)nn2CC(=O)N1[C@@H]2S[C@@H]2C[C@H]1C(=O)Nc1cccc(F)n1)N=C. The van der Waals surface area contributed by atoms with Crippen molar-refractivity contribution in [2.75, 3.05) is 5.32 Å². The summed E-state index contributed by atoms with van der Waals surface area (Å²) in [5.41, 5.74) is 6.58. The van der Waals surface area contributed by atoms with E-state index in [2.05, 4.69) is 50.5 Å². The van der Waals surface area contributed by atoms with Crippen LogP contribution in [0.3, 0.4) is 0 Å². The van der Waals surface area contributed by atoms with Gasteiger partial charge in [0.2, 0.25) is 23.6 Å². The standard InChI is InChI=1S/C26H21FN8O3S/c1-3-30-20(29-2)10-8-14-7-9-16-15(11-14)23(24(28)37)33-34(16)13-22(36)35-17(12-18-26(35)39-18)25(38)32-21-6-4-5-19(27)31-21/h3-7,9,11,17-18,26H,1-2,12-13H2,(H2,28,37)(H,31,32,38)/t17-,18+,26+/m0/s1. The number of thioether (sulfide) groups is 1. The molecular weight excluding hydrogens is 523 g/mol. The van der Waals surface area contributed by atoms with Crippen molar-refractivity contribution in [2.45, 2.75) is 29.6 Å². The molecule has 5 rings (SSSR count). The third-order valence-electron chi connectivity index (χ3n) is 6.13. The lowest BCUT2D eigenvalue weighted by Gasteiger charge is -2.26. The van der Waals surface area contributed by atoms with Crippen molar-refractivity contribution in [2.24, 2.45) is 15.7 Å². The first-order chi connectivity index (χ1) is 18.8. The lowest BCUT2D eigenvalue weighted by Crippen LogP contribution is -2.46. The molecule has 2 fully saturated rings.